The zero-order chi connectivity index (χ0) is 14.9. The summed E-state index contributed by atoms with van der Waals surface area (Å²) in [5.74, 6) is 1.29. The van der Waals surface area contributed by atoms with Crippen LogP contribution in [-0.2, 0) is 5.41 Å². The predicted octanol–water partition coefficient (Wildman–Crippen LogP) is 3.26. The van der Waals surface area contributed by atoms with Crippen LogP contribution >= 0.6 is 0 Å². The minimum Gasteiger partial charge on any atom is -0.384 e. The zero-order valence-corrected chi connectivity index (χ0v) is 12.2. The number of aromatic nitrogens is 2. The monoisotopic (exact) mass is 274 g/mol. The average Bonchev–Trinajstić information content (AvgIpc) is 2.37. The Morgan fingerprint density at radius 3 is 2.40 bits per heavy atom. The molecule has 0 aliphatic heterocycles. The molecule has 0 radical (unpaired) electrons. The first-order valence-electron chi connectivity index (χ1n) is 6.42. The molecule has 0 saturated heterocycles. The molecular weight excluding hydrogens is 255 g/mol. The Bertz CT molecular complexity index is 620. The Balaban J connectivity index is 2.48. The van der Waals surface area contributed by atoms with Crippen LogP contribution in [0.25, 0.3) is 0 Å². The van der Waals surface area contributed by atoms with Crippen molar-refractivity contribution >= 4 is 17.3 Å². The molecular formula is C15H19FN4. The molecule has 0 fully saturated rings. The molecule has 106 valence electrons. The lowest BCUT2D eigenvalue weighted by molar-refractivity contribution is 0.546. The highest BCUT2D eigenvalue weighted by Gasteiger charge is 2.20. The quantitative estimate of drug-likeness (QED) is 0.913. The molecule has 0 atom stereocenters. The number of halogens is 1. The van der Waals surface area contributed by atoms with Crippen molar-refractivity contribution < 1.29 is 4.39 Å². The molecule has 0 amide bonds. The number of benzene rings is 1. The van der Waals surface area contributed by atoms with E-state index in [4.69, 9.17) is 5.73 Å². The lowest BCUT2D eigenvalue weighted by atomic mass is 9.96. The maximum Gasteiger partial charge on any atom is 0.146 e. The zero-order valence-electron chi connectivity index (χ0n) is 12.2. The van der Waals surface area contributed by atoms with Gasteiger partial charge in [0, 0.05) is 18.5 Å². The molecule has 1 aromatic heterocycles. The Morgan fingerprint density at radius 2 is 1.80 bits per heavy atom. The number of rotatable bonds is 2. The first-order valence-corrected chi connectivity index (χ1v) is 6.42. The lowest BCUT2D eigenvalue weighted by Crippen LogP contribution is -2.20. The number of nitrogen functional groups attached to an aromatic ring is 1. The lowest BCUT2D eigenvalue weighted by Gasteiger charge is -2.23. The topological polar surface area (TPSA) is 55.0 Å². The van der Waals surface area contributed by atoms with Gasteiger partial charge in [-0.15, -0.1) is 0 Å². The maximum absolute atomic E-state index is 13.8. The molecule has 1 aromatic carbocycles. The van der Waals surface area contributed by atoms with Gasteiger partial charge in [0.25, 0.3) is 0 Å². The number of hydrogen-bond acceptors (Lipinski definition) is 4. The fraction of sp³-hybridized carbons (Fsp3) is 0.333. The third-order valence-electron chi connectivity index (χ3n) is 2.96. The highest BCUT2D eigenvalue weighted by atomic mass is 19.1. The second-order valence-corrected chi connectivity index (χ2v) is 5.74. The van der Waals surface area contributed by atoms with E-state index in [9.17, 15) is 4.39 Å². The van der Waals surface area contributed by atoms with Crippen molar-refractivity contribution in [3.63, 3.8) is 0 Å². The van der Waals surface area contributed by atoms with E-state index >= 15 is 0 Å². The summed E-state index contributed by atoms with van der Waals surface area (Å²) < 4.78 is 13.8. The highest BCUT2D eigenvalue weighted by molar-refractivity contribution is 5.61. The van der Waals surface area contributed by atoms with Crippen LogP contribution < -0.4 is 10.6 Å². The van der Waals surface area contributed by atoms with Crippen LogP contribution in [0.15, 0.2) is 30.3 Å². The summed E-state index contributed by atoms with van der Waals surface area (Å²) in [7, 11) is 1.76. The molecule has 1 heterocycles. The van der Waals surface area contributed by atoms with Crippen molar-refractivity contribution in [3.8, 4) is 0 Å². The molecule has 0 spiro atoms. The largest absolute Gasteiger partial charge is 0.384 e. The molecule has 0 aliphatic carbocycles. The molecule has 20 heavy (non-hydrogen) atoms. The molecule has 2 N–H and O–H groups in total. The van der Waals surface area contributed by atoms with Crippen molar-refractivity contribution in [3.05, 3.63) is 42.0 Å². The van der Waals surface area contributed by atoms with Gasteiger partial charge in [-0.3, -0.25) is 0 Å². The highest BCUT2D eigenvalue weighted by Crippen LogP contribution is 2.28. The van der Waals surface area contributed by atoms with Crippen molar-refractivity contribution in [2.24, 2.45) is 0 Å². The van der Waals surface area contributed by atoms with E-state index in [1.165, 1.54) is 6.07 Å². The average molecular weight is 274 g/mol. The minimum atomic E-state index is -0.301. The SMILES string of the molecule is CN(c1cc(N)nc(C(C)(C)C)n1)c1ccccc1F. The van der Waals surface area contributed by atoms with Crippen LogP contribution in [0.2, 0.25) is 0 Å². The van der Waals surface area contributed by atoms with Crippen LogP contribution in [0.5, 0.6) is 0 Å². The molecule has 0 unspecified atom stereocenters. The van der Waals surface area contributed by atoms with E-state index < -0.39 is 0 Å². The van der Waals surface area contributed by atoms with E-state index in [-0.39, 0.29) is 11.2 Å². The predicted molar refractivity (Wildman–Crippen MR) is 79.6 cm³/mol. The summed E-state index contributed by atoms with van der Waals surface area (Å²) in [6.07, 6.45) is 0. The fourth-order valence-electron chi connectivity index (χ4n) is 1.81. The van der Waals surface area contributed by atoms with Crippen molar-refractivity contribution in [1.82, 2.24) is 9.97 Å². The van der Waals surface area contributed by atoms with E-state index in [0.717, 1.165) is 0 Å². The Morgan fingerprint density at radius 1 is 1.15 bits per heavy atom. The number of hydrogen-bond donors (Lipinski definition) is 1. The van der Waals surface area contributed by atoms with Crippen molar-refractivity contribution in [2.75, 3.05) is 17.7 Å². The molecule has 0 aliphatic rings. The fourth-order valence-corrected chi connectivity index (χ4v) is 1.81. The van der Waals surface area contributed by atoms with Crippen LogP contribution in [-0.4, -0.2) is 17.0 Å². The third-order valence-corrected chi connectivity index (χ3v) is 2.96. The van der Waals surface area contributed by atoms with Gasteiger partial charge >= 0.3 is 0 Å². The molecule has 0 saturated carbocycles. The van der Waals surface area contributed by atoms with Crippen LogP contribution in [0.1, 0.15) is 26.6 Å². The first kappa shape index (κ1) is 14.2. The smallest absolute Gasteiger partial charge is 0.146 e. The van der Waals surface area contributed by atoms with Crippen molar-refractivity contribution in [2.45, 2.75) is 26.2 Å². The Labute approximate surface area is 118 Å². The van der Waals surface area contributed by atoms with Crippen LogP contribution in [0.3, 0.4) is 0 Å². The summed E-state index contributed by atoms with van der Waals surface area (Å²) in [4.78, 5) is 10.4. The standard InChI is InChI=1S/C15H19FN4/c1-15(2,3)14-18-12(17)9-13(19-14)20(4)11-8-6-5-7-10(11)16/h5-9H,1-4H3,(H2,17,18,19). The van der Waals surface area contributed by atoms with E-state index in [1.54, 1.807) is 36.2 Å². The minimum absolute atomic E-state index is 0.222. The number of anilines is 3. The van der Waals surface area contributed by atoms with Gasteiger partial charge in [-0.25, -0.2) is 14.4 Å². The summed E-state index contributed by atoms with van der Waals surface area (Å²) in [5, 5.41) is 0. The number of para-hydroxylation sites is 1. The molecule has 4 nitrogen and oxygen atoms in total. The van der Waals surface area contributed by atoms with Crippen LogP contribution in [0.4, 0.5) is 21.7 Å². The van der Waals surface area contributed by atoms with E-state index in [1.807, 2.05) is 20.8 Å². The van der Waals surface area contributed by atoms with E-state index in [2.05, 4.69) is 9.97 Å². The third kappa shape index (κ3) is 2.87. The number of nitrogens with zero attached hydrogens (tertiary/aromatic N) is 3. The normalized spacial score (nSPS) is 11.4. The molecule has 2 rings (SSSR count). The van der Waals surface area contributed by atoms with E-state index in [0.29, 0.717) is 23.1 Å². The van der Waals surface area contributed by atoms with Gasteiger partial charge < -0.3 is 10.6 Å². The van der Waals surface area contributed by atoms with Gasteiger partial charge in [-0.1, -0.05) is 32.9 Å². The number of nitrogens with two attached hydrogens (primary N) is 1. The van der Waals surface area contributed by atoms with Crippen LogP contribution in [0, 0.1) is 5.82 Å². The van der Waals surface area contributed by atoms with Gasteiger partial charge in [-0.05, 0) is 12.1 Å². The summed E-state index contributed by atoms with van der Waals surface area (Å²) in [6, 6.07) is 8.19. The Hall–Kier alpha value is -2.17. The molecule has 5 heteroatoms. The van der Waals surface area contributed by atoms with Gasteiger partial charge in [0.1, 0.15) is 23.3 Å². The van der Waals surface area contributed by atoms with Gasteiger partial charge in [0.15, 0.2) is 0 Å². The summed E-state index contributed by atoms with van der Waals surface area (Å²) in [6.45, 7) is 6.03. The van der Waals surface area contributed by atoms with Gasteiger partial charge in [0.2, 0.25) is 0 Å². The first-order chi connectivity index (χ1) is 9.29. The van der Waals surface area contributed by atoms with Gasteiger partial charge in [0.05, 0.1) is 5.69 Å². The maximum atomic E-state index is 13.8. The Kier molecular flexibility index (Phi) is 3.61. The molecule has 2 aromatic rings. The van der Waals surface area contributed by atoms with Gasteiger partial charge in [-0.2, -0.15) is 0 Å². The summed E-state index contributed by atoms with van der Waals surface area (Å²) in [5.41, 5.74) is 6.07. The van der Waals surface area contributed by atoms with Crippen molar-refractivity contribution in [1.29, 1.82) is 0 Å². The second-order valence-electron chi connectivity index (χ2n) is 5.74. The molecule has 0 bridgehead atoms. The second kappa shape index (κ2) is 5.07. The summed E-state index contributed by atoms with van der Waals surface area (Å²) >= 11 is 0.